The molecule has 1 heterocycles. The second kappa shape index (κ2) is 9.77. The van der Waals surface area contributed by atoms with Crippen LogP contribution < -0.4 is 10.1 Å². The van der Waals surface area contributed by atoms with Crippen LogP contribution in [0, 0.1) is 5.92 Å². The summed E-state index contributed by atoms with van der Waals surface area (Å²) in [6.45, 7) is 1.20. The van der Waals surface area contributed by atoms with Crippen molar-refractivity contribution in [3.05, 3.63) is 29.8 Å². The molecule has 2 fully saturated rings. The number of carbonyl (C=O) groups excluding carboxylic acids is 2. The van der Waals surface area contributed by atoms with Crippen LogP contribution in [0.4, 0.5) is 0 Å². The van der Waals surface area contributed by atoms with Crippen molar-refractivity contribution in [2.24, 2.45) is 5.92 Å². The molecule has 2 amide bonds. The van der Waals surface area contributed by atoms with Crippen molar-refractivity contribution in [2.75, 3.05) is 13.7 Å². The molecule has 1 N–H and O–H groups in total. The molecular formula is C22H32N2O3. The minimum Gasteiger partial charge on any atom is -0.497 e. The third-order valence-electron chi connectivity index (χ3n) is 5.89. The van der Waals surface area contributed by atoms with E-state index in [0.29, 0.717) is 18.9 Å². The molecule has 5 nitrogen and oxygen atoms in total. The van der Waals surface area contributed by atoms with Gasteiger partial charge in [0, 0.05) is 19.5 Å². The van der Waals surface area contributed by atoms with Gasteiger partial charge in [-0.15, -0.1) is 0 Å². The van der Waals surface area contributed by atoms with Crippen LogP contribution >= 0.6 is 0 Å². The number of benzene rings is 1. The van der Waals surface area contributed by atoms with Gasteiger partial charge in [-0.25, -0.2) is 0 Å². The molecule has 148 valence electrons. The Hall–Kier alpha value is -2.04. The Morgan fingerprint density at radius 3 is 2.70 bits per heavy atom. The summed E-state index contributed by atoms with van der Waals surface area (Å²) in [5.41, 5.74) is 0.995. The molecule has 1 aromatic rings. The molecule has 0 radical (unpaired) electrons. The average molecular weight is 373 g/mol. The zero-order chi connectivity index (χ0) is 19.1. The molecule has 0 spiro atoms. The summed E-state index contributed by atoms with van der Waals surface area (Å²) in [6.07, 6.45) is 9.31. The summed E-state index contributed by atoms with van der Waals surface area (Å²) < 4.78 is 5.29. The molecule has 3 rings (SSSR count). The van der Waals surface area contributed by atoms with E-state index < -0.39 is 0 Å². The number of carbonyl (C=O) groups is 2. The minimum atomic E-state index is -0.366. The SMILES string of the molecule is COc1cccc(CN2C(=O)CCCCC2C(=O)NCC2CCCCC2)c1. The van der Waals surface area contributed by atoms with Gasteiger partial charge in [0.2, 0.25) is 11.8 Å². The first-order chi connectivity index (χ1) is 13.2. The molecule has 1 saturated carbocycles. The smallest absolute Gasteiger partial charge is 0.242 e. The van der Waals surface area contributed by atoms with E-state index in [1.54, 1.807) is 12.0 Å². The second-order valence-corrected chi connectivity index (χ2v) is 7.88. The van der Waals surface area contributed by atoms with Gasteiger partial charge in [-0.3, -0.25) is 9.59 Å². The van der Waals surface area contributed by atoms with E-state index in [2.05, 4.69) is 5.32 Å². The lowest BCUT2D eigenvalue weighted by Gasteiger charge is -2.30. The molecule has 1 atom stereocenters. The zero-order valence-electron chi connectivity index (χ0n) is 16.4. The van der Waals surface area contributed by atoms with E-state index in [1.165, 1.54) is 32.1 Å². The number of amides is 2. The van der Waals surface area contributed by atoms with E-state index in [9.17, 15) is 9.59 Å². The lowest BCUT2D eigenvalue weighted by atomic mass is 9.89. The Balaban J connectivity index is 1.67. The Bertz CT molecular complexity index is 640. The van der Waals surface area contributed by atoms with Crippen LogP contribution in [-0.4, -0.2) is 36.4 Å². The summed E-state index contributed by atoms with van der Waals surface area (Å²) in [5, 5.41) is 3.15. The first-order valence-electron chi connectivity index (χ1n) is 10.4. The number of hydrogen-bond donors (Lipinski definition) is 1. The topological polar surface area (TPSA) is 58.6 Å². The van der Waals surface area contributed by atoms with Gasteiger partial charge in [0.25, 0.3) is 0 Å². The van der Waals surface area contributed by atoms with Crippen LogP contribution in [0.15, 0.2) is 24.3 Å². The Kier molecular flexibility index (Phi) is 7.13. The maximum absolute atomic E-state index is 12.9. The predicted molar refractivity (Wildman–Crippen MR) is 105 cm³/mol. The molecule has 0 aromatic heterocycles. The van der Waals surface area contributed by atoms with Crippen molar-refractivity contribution in [3.8, 4) is 5.75 Å². The third-order valence-corrected chi connectivity index (χ3v) is 5.89. The van der Waals surface area contributed by atoms with Gasteiger partial charge < -0.3 is 15.0 Å². The number of nitrogens with one attached hydrogen (secondary N) is 1. The lowest BCUT2D eigenvalue weighted by molar-refractivity contribution is -0.140. The number of nitrogens with zero attached hydrogens (tertiary/aromatic N) is 1. The number of likely N-dealkylation sites (tertiary alicyclic amines) is 1. The van der Waals surface area contributed by atoms with Gasteiger partial charge in [-0.1, -0.05) is 37.8 Å². The fourth-order valence-electron chi connectivity index (χ4n) is 4.28. The Morgan fingerprint density at radius 2 is 1.93 bits per heavy atom. The van der Waals surface area contributed by atoms with Crippen LogP contribution in [0.2, 0.25) is 0 Å². The Morgan fingerprint density at radius 1 is 1.15 bits per heavy atom. The number of hydrogen-bond acceptors (Lipinski definition) is 3. The van der Waals surface area contributed by atoms with Crippen LogP contribution in [0.25, 0.3) is 0 Å². The standard InChI is InChI=1S/C22H32N2O3/c1-27-19-11-7-10-18(14-19)16-24-20(12-5-6-13-21(24)25)22(26)23-15-17-8-3-2-4-9-17/h7,10-11,14,17,20H,2-6,8-9,12-13,15-16H2,1H3,(H,23,26). The van der Waals surface area contributed by atoms with Crippen LogP contribution in [0.5, 0.6) is 5.75 Å². The molecule has 1 saturated heterocycles. The predicted octanol–water partition coefficient (Wildman–Crippen LogP) is 3.66. The molecule has 2 aliphatic rings. The quantitative estimate of drug-likeness (QED) is 0.829. The first kappa shape index (κ1) is 19.7. The Labute approximate surface area is 162 Å². The van der Waals surface area contributed by atoms with E-state index >= 15 is 0 Å². The van der Waals surface area contributed by atoms with E-state index in [1.807, 2.05) is 24.3 Å². The van der Waals surface area contributed by atoms with Crippen molar-refractivity contribution in [1.29, 1.82) is 0 Å². The lowest BCUT2D eigenvalue weighted by Crippen LogP contribution is -2.49. The fraction of sp³-hybridized carbons (Fsp3) is 0.636. The van der Waals surface area contributed by atoms with Crippen molar-refractivity contribution >= 4 is 11.8 Å². The zero-order valence-corrected chi connectivity index (χ0v) is 16.4. The molecule has 27 heavy (non-hydrogen) atoms. The van der Waals surface area contributed by atoms with Crippen LogP contribution in [-0.2, 0) is 16.1 Å². The van der Waals surface area contributed by atoms with Crippen molar-refractivity contribution in [1.82, 2.24) is 10.2 Å². The van der Waals surface area contributed by atoms with Crippen molar-refractivity contribution in [2.45, 2.75) is 70.4 Å². The van der Waals surface area contributed by atoms with Gasteiger partial charge in [0.1, 0.15) is 11.8 Å². The number of ether oxygens (including phenoxy) is 1. The van der Waals surface area contributed by atoms with Gasteiger partial charge in [0.05, 0.1) is 7.11 Å². The summed E-state index contributed by atoms with van der Waals surface area (Å²) in [5.74, 6) is 1.45. The summed E-state index contributed by atoms with van der Waals surface area (Å²) >= 11 is 0. The van der Waals surface area contributed by atoms with Crippen molar-refractivity contribution < 1.29 is 14.3 Å². The fourth-order valence-corrected chi connectivity index (χ4v) is 4.28. The summed E-state index contributed by atoms with van der Waals surface area (Å²) in [7, 11) is 1.64. The van der Waals surface area contributed by atoms with Crippen molar-refractivity contribution in [3.63, 3.8) is 0 Å². The third kappa shape index (κ3) is 5.47. The monoisotopic (exact) mass is 372 g/mol. The molecule has 0 bridgehead atoms. The van der Waals surface area contributed by atoms with Gasteiger partial charge in [-0.05, 0) is 49.3 Å². The second-order valence-electron chi connectivity index (χ2n) is 7.88. The van der Waals surface area contributed by atoms with E-state index in [0.717, 1.165) is 37.1 Å². The first-order valence-corrected chi connectivity index (χ1v) is 10.4. The molecule has 1 aliphatic carbocycles. The van der Waals surface area contributed by atoms with Crippen LogP contribution in [0.1, 0.15) is 63.4 Å². The maximum atomic E-state index is 12.9. The number of methoxy groups -OCH3 is 1. The largest absolute Gasteiger partial charge is 0.497 e. The van der Waals surface area contributed by atoms with Gasteiger partial charge >= 0.3 is 0 Å². The highest BCUT2D eigenvalue weighted by Gasteiger charge is 2.32. The molecule has 1 unspecified atom stereocenters. The highest BCUT2D eigenvalue weighted by atomic mass is 16.5. The molecule has 1 aromatic carbocycles. The minimum absolute atomic E-state index is 0.0127. The molecule has 5 heteroatoms. The van der Waals surface area contributed by atoms with E-state index in [4.69, 9.17) is 4.74 Å². The normalized spacial score (nSPS) is 21.6. The molecule has 1 aliphatic heterocycles. The number of rotatable bonds is 6. The average Bonchev–Trinajstić information content (AvgIpc) is 2.89. The molecular weight excluding hydrogens is 340 g/mol. The highest BCUT2D eigenvalue weighted by Crippen LogP contribution is 2.24. The van der Waals surface area contributed by atoms with E-state index in [-0.39, 0.29) is 17.9 Å². The van der Waals surface area contributed by atoms with Gasteiger partial charge in [0.15, 0.2) is 0 Å². The summed E-state index contributed by atoms with van der Waals surface area (Å²) in [4.78, 5) is 27.4. The van der Waals surface area contributed by atoms with Crippen LogP contribution in [0.3, 0.4) is 0 Å². The summed E-state index contributed by atoms with van der Waals surface area (Å²) in [6, 6.07) is 7.37. The maximum Gasteiger partial charge on any atom is 0.242 e. The highest BCUT2D eigenvalue weighted by molar-refractivity contribution is 5.88. The van der Waals surface area contributed by atoms with Gasteiger partial charge in [-0.2, -0.15) is 0 Å².